The summed E-state index contributed by atoms with van der Waals surface area (Å²) in [6, 6.07) is -0.835. The fourth-order valence-electron chi connectivity index (χ4n) is 13.1. The molecule has 13 heteroatoms. The van der Waals surface area contributed by atoms with Crippen molar-refractivity contribution in [1.82, 2.24) is 30.4 Å². The van der Waals surface area contributed by atoms with Gasteiger partial charge in [0, 0.05) is 63.1 Å². The number of nitrogens with one attached hydrogen (secondary N) is 2. The van der Waals surface area contributed by atoms with Crippen molar-refractivity contribution >= 4 is 17.7 Å². The summed E-state index contributed by atoms with van der Waals surface area (Å²) in [5.41, 5.74) is 0.299. The van der Waals surface area contributed by atoms with Gasteiger partial charge >= 0.3 is 0 Å². The third-order valence-electron chi connectivity index (χ3n) is 16.8. The molecule has 59 heavy (non-hydrogen) atoms. The molecule has 0 spiro atoms. The molecule has 7 aliphatic rings. The van der Waals surface area contributed by atoms with Crippen LogP contribution in [0.25, 0.3) is 0 Å². The zero-order valence-electron chi connectivity index (χ0n) is 38.3. The minimum Gasteiger partial charge on any atom is -0.394 e. The fraction of sp³-hybridized carbons (Fsp3) is 0.935. The van der Waals surface area contributed by atoms with E-state index in [1.807, 2.05) is 30.9 Å². The second-order valence-electron chi connectivity index (χ2n) is 21.2. The predicted molar refractivity (Wildman–Crippen MR) is 229 cm³/mol. The Labute approximate surface area is 356 Å². The molecule has 1 heterocycles. The largest absolute Gasteiger partial charge is 0.394 e. The average Bonchev–Trinajstić information content (AvgIpc) is 3.59. The lowest BCUT2D eigenvalue weighted by molar-refractivity contribution is -0.193. The van der Waals surface area contributed by atoms with E-state index in [9.17, 15) is 24.6 Å². The summed E-state index contributed by atoms with van der Waals surface area (Å²) >= 11 is 0. The molecule has 0 aromatic rings. The number of rotatable bonds is 15. The minimum absolute atomic E-state index is 0.00349. The number of hydrogen-bond acceptors (Lipinski definition) is 10. The normalized spacial score (nSPS) is 38.7. The Morgan fingerprint density at radius 2 is 1.63 bits per heavy atom. The molecule has 338 valence electrons. The number of carbonyl (C=O) groups excluding carboxylic acids is 3. The maximum atomic E-state index is 14.4. The van der Waals surface area contributed by atoms with Crippen LogP contribution in [0.5, 0.6) is 0 Å². The number of aliphatic hydroxyl groups excluding tert-OH is 2. The van der Waals surface area contributed by atoms with Gasteiger partial charge in [-0.3, -0.25) is 19.2 Å². The van der Waals surface area contributed by atoms with E-state index in [1.54, 1.807) is 19.1 Å². The standard InChI is InChI=1S/C46H82N6O7/c1-27-36-22-32(46(36,3)4)23-37(27)47-44(56)41-40(28(2)54)39(26-53)59-52(41)24-29-15-14-18-35(42(29)58-10)30-19-31(21-34(20-30)50(7)8)43(55)48-38(25-49(5)6)45(57)51(9)33-16-12-11-13-17-33/h27-42,53-54H,11-26H2,1-10H3,(H,47,56)(H,48,55)/t27-,28-,29?,30?,31?,32+,34?,35?,36-,37-,38+,39-,40-,41-,42?/m0/s1. The highest BCUT2D eigenvalue weighted by Gasteiger charge is 2.58. The van der Waals surface area contributed by atoms with Crippen molar-refractivity contribution in [2.45, 2.75) is 160 Å². The molecule has 6 aliphatic carbocycles. The van der Waals surface area contributed by atoms with Gasteiger partial charge in [0.25, 0.3) is 0 Å². The SMILES string of the molecule is COC1C(CN2O[C@@H](CO)[C@H]([C@H](C)O)[C@H]2C(=O)N[C@H]2C[C@H]3C[C@@H]([C@@H]2C)C3(C)C)CCCC1C1CC(C(=O)N[C@H](CN(C)C)C(=O)N(C)C2CCCCC2)CC(N(C)C)C1. The lowest BCUT2D eigenvalue weighted by Crippen LogP contribution is -2.62. The summed E-state index contributed by atoms with van der Waals surface area (Å²) in [6.07, 6.45) is 11.4. The van der Waals surface area contributed by atoms with Gasteiger partial charge in [-0.15, -0.1) is 0 Å². The Morgan fingerprint density at radius 3 is 2.22 bits per heavy atom. The number of carbonyl (C=O) groups is 3. The molecule has 3 amide bonds. The van der Waals surface area contributed by atoms with Gasteiger partial charge < -0.3 is 40.3 Å². The van der Waals surface area contributed by atoms with Crippen LogP contribution in [0.2, 0.25) is 0 Å². The quantitative estimate of drug-likeness (QED) is 0.193. The molecule has 7 fully saturated rings. The topological polar surface area (TPSA) is 147 Å². The van der Waals surface area contributed by atoms with Gasteiger partial charge in [0.1, 0.15) is 18.2 Å². The van der Waals surface area contributed by atoms with Crippen molar-refractivity contribution in [3.05, 3.63) is 0 Å². The molecule has 6 saturated carbocycles. The molecule has 15 atom stereocenters. The summed E-state index contributed by atoms with van der Waals surface area (Å²) in [4.78, 5) is 55.2. The van der Waals surface area contributed by atoms with Gasteiger partial charge in [-0.25, -0.2) is 0 Å². The number of hydrogen-bond donors (Lipinski definition) is 4. The lowest BCUT2D eigenvalue weighted by Gasteiger charge is -2.62. The average molecular weight is 831 g/mol. The monoisotopic (exact) mass is 831 g/mol. The number of nitrogens with zero attached hydrogens (tertiary/aromatic N) is 4. The summed E-state index contributed by atoms with van der Waals surface area (Å²) < 4.78 is 6.44. The van der Waals surface area contributed by atoms with Crippen molar-refractivity contribution in [3.8, 4) is 0 Å². The van der Waals surface area contributed by atoms with Crippen LogP contribution in [0.4, 0.5) is 0 Å². The molecular weight excluding hydrogens is 749 g/mol. The van der Waals surface area contributed by atoms with Crippen molar-refractivity contribution in [3.63, 3.8) is 0 Å². The van der Waals surface area contributed by atoms with Crippen molar-refractivity contribution < 1.29 is 34.2 Å². The van der Waals surface area contributed by atoms with Gasteiger partial charge in [-0.05, 0) is 128 Å². The van der Waals surface area contributed by atoms with E-state index >= 15 is 0 Å². The molecule has 0 radical (unpaired) electrons. The Balaban J connectivity index is 1.16. The Bertz CT molecular complexity index is 1420. The first-order valence-electron chi connectivity index (χ1n) is 23.4. The molecular formula is C46H82N6O7. The first-order chi connectivity index (χ1) is 28.0. The maximum absolute atomic E-state index is 14.4. The molecule has 13 nitrogen and oxygen atoms in total. The van der Waals surface area contributed by atoms with Crippen LogP contribution in [-0.4, -0.2) is 158 Å². The fourth-order valence-corrected chi connectivity index (χ4v) is 13.1. The highest BCUT2D eigenvalue weighted by atomic mass is 16.7. The highest BCUT2D eigenvalue weighted by molar-refractivity contribution is 5.89. The Hall–Kier alpha value is -1.87. The Morgan fingerprint density at radius 1 is 0.915 bits per heavy atom. The number of hydroxylamine groups is 2. The van der Waals surface area contributed by atoms with Gasteiger partial charge in [-0.1, -0.05) is 46.5 Å². The first-order valence-corrected chi connectivity index (χ1v) is 23.4. The second-order valence-corrected chi connectivity index (χ2v) is 21.2. The van der Waals surface area contributed by atoms with Crippen LogP contribution < -0.4 is 10.6 Å². The second kappa shape index (κ2) is 19.7. The molecule has 7 rings (SSSR count). The number of aliphatic hydroxyl groups is 2. The maximum Gasteiger partial charge on any atom is 0.246 e. The minimum atomic E-state index is -0.852. The van der Waals surface area contributed by atoms with Crippen LogP contribution >= 0.6 is 0 Å². The van der Waals surface area contributed by atoms with E-state index < -0.39 is 30.2 Å². The molecule has 1 aliphatic heterocycles. The van der Waals surface area contributed by atoms with E-state index in [2.05, 4.69) is 50.4 Å². The first kappa shape index (κ1) is 46.6. The van der Waals surface area contributed by atoms with Gasteiger partial charge in [0.2, 0.25) is 17.7 Å². The number of likely N-dealkylation sites (N-methyl/N-ethyl adjacent to an activating group) is 2. The van der Waals surface area contributed by atoms with E-state index in [0.29, 0.717) is 36.3 Å². The molecule has 1 saturated heterocycles. The van der Waals surface area contributed by atoms with Gasteiger partial charge in [-0.2, -0.15) is 5.06 Å². The Kier molecular flexibility index (Phi) is 15.5. The van der Waals surface area contributed by atoms with Crippen molar-refractivity contribution in [1.29, 1.82) is 0 Å². The van der Waals surface area contributed by atoms with Gasteiger partial charge in [0.15, 0.2) is 0 Å². The third kappa shape index (κ3) is 10.0. The zero-order chi connectivity index (χ0) is 42.9. The van der Waals surface area contributed by atoms with E-state index in [0.717, 1.165) is 70.6 Å². The van der Waals surface area contributed by atoms with Crippen LogP contribution in [-0.2, 0) is 24.0 Å². The highest BCUT2D eigenvalue weighted by Crippen LogP contribution is 2.61. The number of ether oxygens (including phenoxy) is 1. The number of amides is 3. The summed E-state index contributed by atoms with van der Waals surface area (Å²) in [6.45, 7) is 9.29. The third-order valence-corrected chi connectivity index (χ3v) is 16.8. The predicted octanol–water partition coefficient (Wildman–Crippen LogP) is 3.76. The van der Waals surface area contributed by atoms with E-state index in [4.69, 9.17) is 9.57 Å². The lowest BCUT2D eigenvalue weighted by atomic mass is 9.45. The van der Waals surface area contributed by atoms with Crippen molar-refractivity contribution in [2.75, 3.05) is 62.0 Å². The smallest absolute Gasteiger partial charge is 0.246 e. The molecule has 0 aromatic heterocycles. The molecule has 2 bridgehead atoms. The number of fused-ring (bicyclic) bond motifs is 2. The van der Waals surface area contributed by atoms with Crippen LogP contribution in [0, 0.1) is 52.8 Å². The molecule has 0 aromatic carbocycles. The van der Waals surface area contributed by atoms with Crippen LogP contribution in [0.15, 0.2) is 0 Å². The van der Waals surface area contributed by atoms with Crippen LogP contribution in [0.1, 0.15) is 111 Å². The summed E-state index contributed by atoms with van der Waals surface area (Å²) in [5.74, 6) is 1.03. The number of methoxy groups -OCH3 is 1. The molecule has 4 N–H and O–H groups in total. The van der Waals surface area contributed by atoms with Crippen molar-refractivity contribution in [2.24, 2.45) is 52.8 Å². The van der Waals surface area contributed by atoms with Crippen LogP contribution in [0.3, 0.4) is 0 Å². The summed E-state index contributed by atoms with van der Waals surface area (Å²) in [7, 11) is 11.8. The zero-order valence-corrected chi connectivity index (χ0v) is 38.3. The van der Waals surface area contributed by atoms with Gasteiger partial charge in [0.05, 0.1) is 18.8 Å². The molecule has 6 unspecified atom stereocenters. The van der Waals surface area contributed by atoms with E-state index in [-0.39, 0.29) is 72.2 Å². The summed E-state index contributed by atoms with van der Waals surface area (Å²) in [5, 5.41) is 30.0. The van der Waals surface area contributed by atoms with E-state index in [1.165, 1.54) is 12.8 Å².